The van der Waals surface area contributed by atoms with E-state index in [4.69, 9.17) is 4.74 Å². The van der Waals surface area contributed by atoms with Crippen molar-refractivity contribution in [1.82, 2.24) is 0 Å². The molecule has 0 unspecified atom stereocenters. The number of rotatable bonds is 2. The van der Waals surface area contributed by atoms with Gasteiger partial charge < -0.3 is 4.74 Å². The van der Waals surface area contributed by atoms with Crippen LogP contribution in [0, 0.1) is 12.7 Å². The Bertz CT molecular complexity index is 677. The number of hydrogen-bond acceptors (Lipinski definition) is 2. The van der Waals surface area contributed by atoms with Crippen LogP contribution in [-0.2, 0) is 6.42 Å². The number of hydrogen-bond donors (Lipinski definition) is 0. The van der Waals surface area contributed by atoms with E-state index in [1.165, 1.54) is 12.1 Å². The fraction of sp³-hybridized carbons (Fsp3) is 0.235. The first kappa shape index (κ1) is 12.9. The lowest BCUT2D eigenvalue weighted by Crippen LogP contribution is -2.14. The van der Waals surface area contributed by atoms with E-state index < -0.39 is 5.82 Å². The van der Waals surface area contributed by atoms with E-state index in [9.17, 15) is 9.18 Å². The van der Waals surface area contributed by atoms with Crippen LogP contribution in [0.4, 0.5) is 4.39 Å². The highest BCUT2D eigenvalue weighted by Gasteiger charge is 2.22. The van der Waals surface area contributed by atoms with Gasteiger partial charge in [-0.1, -0.05) is 18.2 Å². The van der Waals surface area contributed by atoms with Gasteiger partial charge in [0.05, 0.1) is 17.7 Å². The van der Waals surface area contributed by atoms with Crippen molar-refractivity contribution >= 4 is 5.78 Å². The molecule has 1 aliphatic heterocycles. The Morgan fingerprint density at radius 3 is 2.85 bits per heavy atom. The lowest BCUT2D eigenvalue weighted by molar-refractivity contribution is 0.103. The summed E-state index contributed by atoms with van der Waals surface area (Å²) in [6.45, 7) is 2.40. The summed E-state index contributed by atoms with van der Waals surface area (Å²) in [5.74, 6) is -0.187. The standard InChI is InChI=1S/C17H15FO2/c1-11-7-8-13(15(18)10-11)16(19)14-6-2-4-12-5-3-9-20-17(12)14/h2,4,6-8,10H,3,5,9H2,1H3. The van der Waals surface area contributed by atoms with Crippen molar-refractivity contribution < 1.29 is 13.9 Å². The molecule has 0 amide bonds. The molecule has 0 saturated carbocycles. The first-order chi connectivity index (χ1) is 9.66. The molecule has 2 aromatic rings. The predicted octanol–water partition coefficient (Wildman–Crippen LogP) is 3.69. The molecule has 0 radical (unpaired) electrons. The van der Waals surface area contributed by atoms with Crippen LogP contribution in [0.1, 0.15) is 33.5 Å². The zero-order chi connectivity index (χ0) is 14.1. The van der Waals surface area contributed by atoms with E-state index in [0.717, 1.165) is 24.0 Å². The average molecular weight is 270 g/mol. The third-order valence-electron chi connectivity index (χ3n) is 3.55. The highest BCUT2D eigenvalue weighted by Crippen LogP contribution is 2.31. The van der Waals surface area contributed by atoms with Crippen molar-refractivity contribution in [2.75, 3.05) is 6.61 Å². The Kier molecular flexibility index (Phi) is 3.26. The number of ketones is 1. The van der Waals surface area contributed by atoms with Gasteiger partial charge in [-0.2, -0.15) is 0 Å². The van der Waals surface area contributed by atoms with Crippen LogP contribution < -0.4 is 4.74 Å². The Morgan fingerprint density at radius 2 is 2.05 bits per heavy atom. The molecule has 0 bridgehead atoms. The van der Waals surface area contributed by atoms with Gasteiger partial charge in [-0.25, -0.2) is 4.39 Å². The summed E-state index contributed by atoms with van der Waals surface area (Å²) in [6.07, 6.45) is 1.84. The molecular formula is C17H15FO2. The van der Waals surface area contributed by atoms with E-state index >= 15 is 0 Å². The summed E-state index contributed by atoms with van der Waals surface area (Å²) in [4.78, 5) is 12.5. The average Bonchev–Trinajstić information content (AvgIpc) is 2.46. The maximum Gasteiger partial charge on any atom is 0.199 e. The summed E-state index contributed by atoms with van der Waals surface area (Å²) in [7, 11) is 0. The number of ether oxygens (including phenoxy) is 1. The fourth-order valence-corrected chi connectivity index (χ4v) is 2.52. The van der Waals surface area contributed by atoms with E-state index in [2.05, 4.69) is 0 Å². The molecule has 0 aromatic heterocycles. The number of halogens is 1. The van der Waals surface area contributed by atoms with Gasteiger partial charge in [0.2, 0.25) is 0 Å². The molecule has 0 spiro atoms. The fourth-order valence-electron chi connectivity index (χ4n) is 2.52. The van der Waals surface area contributed by atoms with Gasteiger partial charge >= 0.3 is 0 Å². The molecule has 0 aliphatic carbocycles. The van der Waals surface area contributed by atoms with E-state index in [0.29, 0.717) is 17.9 Å². The quantitative estimate of drug-likeness (QED) is 0.778. The molecule has 0 N–H and O–H groups in total. The number of fused-ring (bicyclic) bond motifs is 1. The predicted molar refractivity (Wildman–Crippen MR) is 74.8 cm³/mol. The number of benzene rings is 2. The van der Waals surface area contributed by atoms with Gasteiger partial charge in [0.1, 0.15) is 11.6 Å². The van der Waals surface area contributed by atoms with E-state index in [1.807, 2.05) is 12.1 Å². The zero-order valence-corrected chi connectivity index (χ0v) is 11.3. The van der Waals surface area contributed by atoms with Crippen LogP contribution in [0.5, 0.6) is 5.75 Å². The second-order valence-corrected chi connectivity index (χ2v) is 5.06. The summed E-state index contributed by atoms with van der Waals surface area (Å²) >= 11 is 0. The highest BCUT2D eigenvalue weighted by atomic mass is 19.1. The molecular weight excluding hydrogens is 255 g/mol. The van der Waals surface area contributed by atoms with Crippen LogP contribution in [0.25, 0.3) is 0 Å². The van der Waals surface area contributed by atoms with Crippen LogP contribution >= 0.6 is 0 Å². The first-order valence-corrected chi connectivity index (χ1v) is 6.72. The lowest BCUT2D eigenvalue weighted by Gasteiger charge is -2.19. The van der Waals surface area contributed by atoms with Gasteiger partial charge in [0, 0.05) is 0 Å². The molecule has 0 saturated heterocycles. The van der Waals surface area contributed by atoms with E-state index in [1.54, 1.807) is 19.1 Å². The minimum absolute atomic E-state index is 0.0955. The Labute approximate surface area is 117 Å². The number of carbonyl (C=O) groups excluding carboxylic acids is 1. The molecule has 2 nitrogen and oxygen atoms in total. The molecule has 1 heterocycles. The monoisotopic (exact) mass is 270 g/mol. The maximum atomic E-state index is 14.0. The largest absolute Gasteiger partial charge is 0.493 e. The molecule has 0 fully saturated rings. The number of para-hydroxylation sites is 1. The second-order valence-electron chi connectivity index (χ2n) is 5.06. The Balaban J connectivity index is 2.07. The number of aryl methyl sites for hydroxylation is 2. The molecule has 20 heavy (non-hydrogen) atoms. The summed E-state index contributed by atoms with van der Waals surface area (Å²) in [5.41, 5.74) is 2.36. The molecule has 102 valence electrons. The van der Waals surface area contributed by atoms with Crippen LogP contribution in [-0.4, -0.2) is 12.4 Å². The minimum Gasteiger partial charge on any atom is -0.493 e. The van der Waals surface area contributed by atoms with Crippen molar-refractivity contribution in [1.29, 1.82) is 0 Å². The summed E-state index contributed by atoms with van der Waals surface area (Å²) in [5, 5.41) is 0. The highest BCUT2D eigenvalue weighted by molar-refractivity contribution is 6.11. The van der Waals surface area contributed by atoms with Crippen LogP contribution in [0.15, 0.2) is 36.4 Å². The van der Waals surface area contributed by atoms with Crippen molar-refractivity contribution in [2.24, 2.45) is 0 Å². The first-order valence-electron chi connectivity index (χ1n) is 6.72. The summed E-state index contributed by atoms with van der Waals surface area (Å²) < 4.78 is 19.6. The van der Waals surface area contributed by atoms with Gasteiger partial charge in [-0.3, -0.25) is 4.79 Å². The second kappa shape index (κ2) is 5.08. The van der Waals surface area contributed by atoms with Crippen LogP contribution in [0.3, 0.4) is 0 Å². The summed E-state index contributed by atoms with van der Waals surface area (Å²) in [6, 6.07) is 10.1. The zero-order valence-electron chi connectivity index (χ0n) is 11.3. The minimum atomic E-state index is -0.483. The lowest BCUT2D eigenvalue weighted by atomic mass is 9.96. The normalized spacial score (nSPS) is 13.5. The van der Waals surface area contributed by atoms with Crippen molar-refractivity contribution in [2.45, 2.75) is 19.8 Å². The Hall–Kier alpha value is -2.16. The van der Waals surface area contributed by atoms with Crippen molar-refractivity contribution in [3.63, 3.8) is 0 Å². The third-order valence-corrected chi connectivity index (χ3v) is 3.55. The molecule has 3 rings (SSSR count). The topological polar surface area (TPSA) is 26.3 Å². The smallest absolute Gasteiger partial charge is 0.199 e. The van der Waals surface area contributed by atoms with Gasteiger partial charge in [-0.05, 0) is 49.1 Å². The maximum absolute atomic E-state index is 14.0. The van der Waals surface area contributed by atoms with Crippen molar-refractivity contribution in [3.8, 4) is 5.75 Å². The Morgan fingerprint density at radius 1 is 1.20 bits per heavy atom. The molecule has 0 atom stereocenters. The van der Waals surface area contributed by atoms with Crippen LogP contribution in [0.2, 0.25) is 0 Å². The SMILES string of the molecule is Cc1ccc(C(=O)c2cccc3c2OCCC3)c(F)c1. The van der Waals surface area contributed by atoms with Gasteiger partial charge in [-0.15, -0.1) is 0 Å². The molecule has 3 heteroatoms. The van der Waals surface area contributed by atoms with Gasteiger partial charge in [0.25, 0.3) is 0 Å². The molecule has 2 aromatic carbocycles. The molecule has 1 aliphatic rings. The van der Waals surface area contributed by atoms with E-state index in [-0.39, 0.29) is 11.3 Å². The number of carbonyl (C=O) groups is 1. The van der Waals surface area contributed by atoms with Gasteiger partial charge in [0.15, 0.2) is 5.78 Å². The third kappa shape index (κ3) is 2.20. The van der Waals surface area contributed by atoms with Crippen molar-refractivity contribution in [3.05, 3.63) is 64.5 Å².